The fourth-order valence-corrected chi connectivity index (χ4v) is 1.57. The zero-order valence-corrected chi connectivity index (χ0v) is 10.4. The van der Waals surface area contributed by atoms with Crippen molar-refractivity contribution in [3.8, 4) is 0 Å². The molecule has 0 radical (unpaired) electrons. The Kier molecular flexibility index (Phi) is 3.68. The molecular weight excluding hydrogens is 262 g/mol. The van der Waals surface area contributed by atoms with Gasteiger partial charge in [0.05, 0.1) is 11.6 Å². The van der Waals surface area contributed by atoms with Crippen LogP contribution in [0.1, 0.15) is 30.2 Å². The SMILES string of the molecule is COC(=O)c1cn(C(C)C)cc(Br)c1=O. The highest BCUT2D eigenvalue weighted by Crippen LogP contribution is 2.11. The van der Waals surface area contributed by atoms with Crippen molar-refractivity contribution in [1.29, 1.82) is 0 Å². The predicted molar refractivity (Wildman–Crippen MR) is 60.1 cm³/mol. The molecule has 0 aliphatic heterocycles. The van der Waals surface area contributed by atoms with Crippen molar-refractivity contribution in [2.45, 2.75) is 19.9 Å². The van der Waals surface area contributed by atoms with Crippen molar-refractivity contribution in [2.24, 2.45) is 0 Å². The van der Waals surface area contributed by atoms with Crippen LogP contribution in [0, 0.1) is 0 Å². The molecule has 1 aromatic heterocycles. The van der Waals surface area contributed by atoms with E-state index in [1.54, 1.807) is 10.8 Å². The fraction of sp³-hybridized carbons (Fsp3) is 0.400. The second-order valence-electron chi connectivity index (χ2n) is 3.38. The summed E-state index contributed by atoms with van der Waals surface area (Å²) in [6.07, 6.45) is 3.16. The average molecular weight is 274 g/mol. The van der Waals surface area contributed by atoms with Crippen LogP contribution in [-0.4, -0.2) is 17.6 Å². The van der Waals surface area contributed by atoms with Crippen molar-refractivity contribution in [3.63, 3.8) is 0 Å². The highest BCUT2D eigenvalue weighted by Gasteiger charge is 2.14. The van der Waals surface area contributed by atoms with E-state index in [-0.39, 0.29) is 17.0 Å². The molecule has 1 heterocycles. The Hall–Kier alpha value is -1.10. The minimum Gasteiger partial charge on any atom is -0.465 e. The van der Waals surface area contributed by atoms with E-state index in [9.17, 15) is 9.59 Å². The molecular formula is C10H12BrNO3. The monoisotopic (exact) mass is 273 g/mol. The molecule has 0 aliphatic carbocycles. The number of ether oxygens (including phenoxy) is 1. The predicted octanol–water partition coefficient (Wildman–Crippen LogP) is 1.98. The van der Waals surface area contributed by atoms with Crippen LogP contribution in [0.3, 0.4) is 0 Å². The van der Waals surface area contributed by atoms with E-state index < -0.39 is 5.97 Å². The number of halogens is 1. The van der Waals surface area contributed by atoms with Gasteiger partial charge >= 0.3 is 5.97 Å². The lowest BCUT2D eigenvalue weighted by Crippen LogP contribution is -2.20. The molecule has 15 heavy (non-hydrogen) atoms. The molecule has 0 aromatic carbocycles. The van der Waals surface area contributed by atoms with Crippen molar-refractivity contribution >= 4 is 21.9 Å². The lowest BCUT2D eigenvalue weighted by atomic mass is 10.2. The number of hydrogen-bond acceptors (Lipinski definition) is 3. The number of methoxy groups -OCH3 is 1. The van der Waals surface area contributed by atoms with E-state index in [0.717, 1.165) is 0 Å². The van der Waals surface area contributed by atoms with Gasteiger partial charge in [0.25, 0.3) is 0 Å². The number of aromatic nitrogens is 1. The maximum absolute atomic E-state index is 11.6. The van der Waals surface area contributed by atoms with Gasteiger partial charge in [0, 0.05) is 18.4 Å². The smallest absolute Gasteiger partial charge is 0.343 e. The van der Waals surface area contributed by atoms with Crippen LogP contribution in [0.4, 0.5) is 0 Å². The maximum atomic E-state index is 11.6. The van der Waals surface area contributed by atoms with E-state index in [1.807, 2.05) is 13.8 Å². The summed E-state index contributed by atoms with van der Waals surface area (Å²) in [7, 11) is 1.25. The summed E-state index contributed by atoms with van der Waals surface area (Å²) in [6.45, 7) is 3.91. The first-order chi connectivity index (χ1) is 6.97. The van der Waals surface area contributed by atoms with Gasteiger partial charge in [-0.15, -0.1) is 0 Å². The summed E-state index contributed by atoms with van der Waals surface area (Å²) in [5, 5.41) is 0. The second-order valence-corrected chi connectivity index (χ2v) is 4.24. The molecule has 0 amide bonds. The molecule has 0 aliphatic rings. The van der Waals surface area contributed by atoms with Crippen molar-refractivity contribution < 1.29 is 9.53 Å². The number of carbonyl (C=O) groups is 1. The molecule has 4 nitrogen and oxygen atoms in total. The number of esters is 1. The Morgan fingerprint density at radius 1 is 1.47 bits per heavy atom. The summed E-state index contributed by atoms with van der Waals surface area (Å²) >= 11 is 3.12. The summed E-state index contributed by atoms with van der Waals surface area (Å²) < 4.78 is 6.67. The lowest BCUT2D eigenvalue weighted by Gasteiger charge is -2.12. The zero-order chi connectivity index (χ0) is 11.6. The Morgan fingerprint density at radius 2 is 2.07 bits per heavy atom. The lowest BCUT2D eigenvalue weighted by molar-refractivity contribution is 0.0598. The normalized spacial score (nSPS) is 10.5. The molecule has 0 unspecified atom stereocenters. The molecule has 0 saturated heterocycles. The fourth-order valence-electron chi connectivity index (χ4n) is 1.12. The largest absolute Gasteiger partial charge is 0.465 e. The minimum absolute atomic E-state index is 0.0422. The summed E-state index contributed by atoms with van der Waals surface area (Å²) in [5.74, 6) is -0.615. The molecule has 1 rings (SSSR count). The third kappa shape index (κ3) is 2.47. The molecule has 5 heteroatoms. The van der Waals surface area contributed by atoms with Crippen molar-refractivity contribution in [3.05, 3.63) is 32.7 Å². The van der Waals surface area contributed by atoms with Crippen LogP contribution >= 0.6 is 15.9 Å². The third-order valence-corrected chi connectivity index (χ3v) is 2.57. The number of carbonyl (C=O) groups excluding carboxylic acids is 1. The van der Waals surface area contributed by atoms with E-state index in [4.69, 9.17) is 0 Å². The molecule has 0 N–H and O–H groups in total. The van der Waals surface area contributed by atoms with E-state index in [0.29, 0.717) is 4.47 Å². The molecule has 1 aromatic rings. The van der Waals surface area contributed by atoms with Crippen LogP contribution in [0.25, 0.3) is 0 Å². The number of nitrogens with zero attached hydrogens (tertiary/aromatic N) is 1. The number of pyridine rings is 1. The van der Waals surface area contributed by atoms with Crippen LogP contribution in [-0.2, 0) is 4.74 Å². The van der Waals surface area contributed by atoms with E-state index in [1.165, 1.54) is 13.3 Å². The zero-order valence-electron chi connectivity index (χ0n) is 8.78. The van der Waals surface area contributed by atoms with Gasteiger partial charge in [0.1, 0.15) is 5.56 Å². The maximum Gasteiger partial charge on any atom is 0.343 e. The first-order valence-electron chi connectivity index (χ1n) is 4.47. The molecule has 0 fully saturated rings. The molecule has 82 valence electrons. The van der Waals surface area contributed by atoms with Gasteiger partial charge < -0.3 is 9.30 Å². The highest BCUT2D eigenvalue weighted by molar-refractivity contribution is 9.10. The van der Waals surface area contributed by atoms with Gasteiger partial charge in [-0.25, -0.2) is 4.79 Å². The van der Waals surface area contributed by atoms with E-state index in [2.05, 4.69) is 20.7 Å². The van der Waals surface area contributed by atoms with Crippen molar-refractivity contribution in [1.82, 2.24) is 4.57 Å². The average Bonchev–Trinajstić information content (AvgIpc) is 2.20. The Labute approximate surface area is 96.0 Å². The van der Waals surface area contributed by atoms with Gasteiger partial charge in [0.2, 0.25) is 5.43 Å². The minimum atomic E-state index is -0.615. The van der Waals surface area contributed by atoms with Gasteiger partial charge in [-0.1, -0.05) is 0 Å². The second kappa shape index (κ2) is 4.61. The van der Waals surface area contributed by atoms with Gasteiger partial charge in [-0.3, -0.25) is 4.79 Å². The Balaban J connectivity index is 3.38. The van der Waals surface area contributed by atoms with Crippen LogP contribution in [0.15, 0.2) is 21.7 Å². The standard InChI is InChI=1S/C10H12BrNO3/c1-6(2)12-4-7(10(14)15-3)9(13)8(11)5-12/h4-6H,1-3H3. The molecule has 0 spiro atoms. The Morgan fingerprint density at radius 3 is 2.53 bits per heavy atom. The molecule has 0 saturated carbocycles. The first-order valence-corrected chi connectivity index (χ1v) is 5.26. The summed E-state index contributed by atoms with van der Waals surface area (Å²) in [5.41, 5.74) is -0.306. The highest BCUT2D eigenvalue weighted by atomic mass is 79.9. The molecule has 0 atom stereocenters. The first kappa shape index (κ1) is 12.0. The van der Waals surface area contributed by atoms with Crippen LogP contribution in [0.2, 0.25) is 0 Å². The van der Waals surface area contributed by atoms with E-state index >= 15 is 0 Å². The topological polar surface area (TPSA) is 48.3 Å². The van der Waals surface area contributed by atoms with Crippen LogP contribution in [0.5, 0.6) is 0 Å². The molecule has 0 bridgehead atoms. The third-order valence-electron chi connectivity index (χ3n) is 2.00. The quantitative estimate of drug-likeness (QED) is 0.775. The van der Waals surface area contributed by atoms with Crippen molar-refractivity contribution in [2.75, 3.05) is 7.11 Å². The van der Waals surface area contributed by atoms with Gasteiger partial charge in [-0.05, 0) is 29.8 Å². The Bertz CT molecular complexity index is 437. The summed E-state index contributed by atoms with van der Waals surface area (Å²) in [6, 6.07) is 0.172. The van der Waals surface area contributed by atoms with Gasteiger partial charge in [-0.2, -0.15) is 0 Å². The van der Waals surface area contributed by atoms with Gasteiger partial charge in [0.15, 0.2) is 0 Å². The number of rotatable bonds is 2. The van der Waals surface area contributed by atoms with Crippen LogP contribution < -0.4 is 5.43 Å². The summed E-state index contributed by atoms with van der Waals surface area (Å²) in [4.78, 5) is 22.9. The number of hydrogen-bond donors (Lipinski definition) is 0.